The lowest BCUT2D eigenvalue weighted by molar-refractivity contribution is 0.346. The molecule has 1 heterocycles. The minimum atomic E-state index is -0.143. The second-order valence-corrected chi connectivity index (χ2v) is 5.61. The topological polar surface area (TPSA) is 44.9 Å². The number of H-pyrrole nitrogens is 1. The highest BCUT2D eigenvalue weighted by Crippen LogP contribution is 2.48. The monoisotopic (exact) mass is 256 g/mol. The summed E-state index contributed by atoms with van der Waals surface area (Å²) in [4.78, 5) is 14.6. The lowest BCUT2D eigenvalue weighted by Gasteiger charge is -2.47. The van der Waals surface area contributed by atoms with Crippen molar-refractivity contribution in [1.82, 2.24) is 10.3 Å². The average Bonchev–Trinajstić information content (AvgIpc) is 2.37. The second kappa shape index (κ2) is 4.20. The maximum atomic E-state index is 11.6. The Morgan fingerprint density at radius 2 is 2.26 bits per heavy atom. The van der Waals surface area contributed by atoms with Crippen molar-refractivity contribution in [2.24, 2.45) is 5.92 Å². The van der Waals surface area contributed by atoms with Crippen molar-refractivity contribution in [3.05, 3.63) is 57.0 Å². The van der Waals surface area contributed by atoms with Gasteiger partial charge in [0.05, 0.1) is 5.54 Å². The fourth-order valence-electron chi connectivity index (χ4n) is 3.87. The Balaban J connectivity index is 2.30. The largest absolute Gasteiger partial charge is 0.326 e. The number of nitrogens with one attached hydrogen (secondary N) is 2. The lowest BCUT2D eigenvalue weighted by Crippen LogP contribution is -2.50. The molecule has 0 radical (unpaired) electrons. The molecule has 0 amide bonds. The zero-order chi connectivity index (χ0) is 13.6. The van der Waals surface area contributed by atoms with Gasteiger partial charge in [0.1, 0.15) is 0 Å². The molecule has 0 aliphatic heterocycles. The van der Waals surface area contributed by atoms with Crippen LogP contribution in [-0.4, -0.2) is 12.0 Å². The summed E-state index contributed by atoms with van der Waals surface area (Å²) in [5.74, 6) is 0.400. The van der Waals surface area contributed by atoms with Crippen molar-refractivity contribution >= 4 is 0 Å². The predicted molar refractivity (Wildman–Crippen MR) is 77.1 cm³/mol. The molecule has 2 aliphatic rings. The summed E-state index contributed by atoms with van der Waals surface area (Å²) in [7, 11) is 2.01. The van der Waals surface area contributed by atoms with Crippen LogP contribution < -0.4 is 10.9 Å². The molecule has 3 nitrogen and oxygen atoms in total. The highest BCUT2D eigenvalue weighted by Gasteiger charge is 2.45. The first kappa shape index (κ1) is 12.4. The molecule has 2 atom stereocenters. The second-order valence-electron chi connectivity index (χ2n) is 5.61. The fraction of sp³-hybridized carbons (Fsp3) is 0.438. The van der Waals surface area contributed by atoms with E-state index in [0.29, 0.717) is 5.92 Å². The first-order chi connectivity index (χ1) is 9.10. The Kier molecular flexibility index (Phi) is 2.75. The Morgan fingerprint density at radius 3 is 2.95 bits per heavy atom. The van der Waals surface area contributed by atoms with Crippen LogP contribution in [-0.2, 0) is 12.0 Å². The van der Waals surface area contributed by atoms with Gasteiger partial charge in [-0.05, 0) is 50.9 Å². The van der Waals surface area contributed by atoms with E-state index in [-0.39, 0.29) is 11.1 Å². The van der Waals surface area contributed by atoms with Crippen molar-refractivity contribution in [2.45, 2.75) is 32.2 Å². The SMILES string of the molecule is CC=C1C2C=C(C)CC1(NC)c1ccc(=O)[nH]c1C2. The van der Waals surface area contributed by atoms with Crippen LogP contribution >= 0.6 is 0 Å². The zero-order valence-corrected chi connectivity index (χ0v) is 11.7. The summed E-state index contributed by atoms with van der Waals surface area (Å²) in [6, 6.07) is 3.63. The van der Waals surface area contributed by atoms with E-state index in [9.17, 15) is 4.79 Å². The van der Waals surface area contributed by atoms with Crippen LogP contribution in [0.25, 0.3) is 0 Å². The minimum Gasteiger partial charge on any atom is -0.326 e. The molecular weight excluding hydrogens is 236 g/mol. The number of aromatic amines is 1. The van der Waals surface area contributed by atoms with Crippen LogP contribution in [0.5, 0.6) is 0 Å². The maximum absolute atomic E-state index is 11.6. The zero-order valence-electron chi connectivity index (χ0n) is 11.7. The van der Waals surface area contributed by atoms with Gasteiger partial charge in [-0.3, -0.25) is 4.79 Å². The molecule has 2 aliphatic carbocycles. The van der Waals surface area contributed by atoms with E-state index in [2.05, 4.69) is 36.3 Å². The summed E-state index contributed by atoms with van der Waals surface area (Å²) >= 11 is 0. The van der Waals surface area contributed by atoms with Gasteiger partial charge in [-0.25, -0.2) is 0 Å². The molecule has 1 aromatic heterocycles. The van der Waals surface area contributed by atoms with Crippen LogP contribution in [0, 0.1) is 5.92 Å². The van der Waals surface area contributed by atoms with E-state index in [4.69, 9.17) is 0 Å². The van der Waals surface area contributed by atoms with Crippen LogP contribution in [0.1, 0.15) is 31.5 Å². The first-order valence-electron chi connectivity index (χ1n) is 6.86. The van der Waals surface area contributed by atoms with E-state index in [0.717, 1.165) is 18.5 Å². The van der Waals surface area contributed by atoms with Crippen LogP contribution in [0.15, 0.2) is 40.2 Å². The Labute approximate surface area is 113 Å². The van der Waals surface area contributed by atoms with Crippen molar-refractivity contribution < 1.29 is 0 Å². The van der Waals surface area contributed by atoms with Gasteiger partial charge in [0.2, 0.25) is 5.56 Å². The standard InChI is InChI=1S/C16H20N2O/c1-4-12-11-7-10(2)9-16(12,17-3)13-5-6-15(19)18-14(13)8-11/h4-7,11,17H,8-9H2,1-3H3,(H,18,19). The summed E-state index contributed by atoms with van der Waals surface area (Å²) in [5.41, 5.74) is 5.01. The molecule has 2 bridgehead atoms. The van der Waals surface area contributed by atoms with E-state index in [1.165, 1.54) is 16.7 Å². The summed E-state index contributed by atoms with van der Waals surface area (Å²) < 4.78 is 0. The van der Waals surface area contributed by atoms with Crippen molar-refractivity contribution in [1.29, 1.82) is 0 Å². The van der Waals surface area contributed by atoms with Gasteiger partial charge < -0.3 is 10.3 Å². The molecule has 1 aromatic rings. The number of rotatable bonds is 1. The van der Waals surface area contributed by atoms with Crippen LogP contribution in [0.3, 0.4) is 0 Å². The number of pyridine rings is 1. The molecule has 100 valence electrons. The number of aromatic nitrogens is 1. The molecule has 0 saturated carbocycles. The van der Waals surface area contributed by atoms with Crippen molar-refractivity contribution in [3.63, 3.8) is 0 Å². The highest BCUT2D eigenvalue weighted by atomic mass is 16.1. The Morgan fingerprint density at radius 1 is 1.47 bits per heavy atom. The number of fused-ring (bicyclic) bond motifs is 4. The summed E-state index contributed by atoms with van der Waals surface area (Å²) in [6.45, 7) is 4.31. The molecular formula is C16H20N2O. The third kappa shape index (κ3) is 1.65. The maximum Gasteiger partial charge on any atom is 0.248 e. The predicted octanol–water partition coefficient (Wildman–Crippen LogP) is 2.26. The third-order valence-corrected chi connectivity index (χ3v) is 4.54. The highest BCUT2D eigenvalue weighted by molar-refractivity contribution is 5.49. The number of allylic oxidation sites excluding steroid dienone is 2. The molecule has 3 rings (SSSR count). The summed E-state index contributed by atoms with van der Waals surface area (Å²) in [5, 5.41) is 3.52. The summed E-state index contributed by atoms with van der Waals surface area (Å²) in [6.07, 6.45) is 6.45. The lowest BCUT2D eigenvalue weighted by atomic mass is 9.63. The number of likely N-dealkylation sites (N-methyl/N-ethyl adjacent to an activating group) is 1. The van der Waals surface area contributed by atoms with Crippen molar-refractivity contribution in [3.8, 4) is 0 Å². The molecule has 3 heteroatoms. The molecule has 0 saturated heterocycles. The van der Waals surface area contributed by atoms with E-state index >= 15 is 0 Å². The molecule has 0 spiro atoms. The van der Waals surface area contributed by atoms with Crippen LogP contribution in [0.2, 0.25) is 0 Å². The van der Waals surface area contributed by atoms with Gasteiger partial charge in [-0.15, -0.1) is 0 Å². The minimum absolute atomic E-state index is 0.00675. The van der Waals surface area contributed by atoms with Gasteiger partial charge in [0, 0.05) is 17.7 Å². The molecule has 19 heavy (non-hydrogen) atoms. The van der Waals surface area contributed by atoms with Gasteiger partial charge in [-0.1, -0.05) is 17.7 Å². The van der Waals surface area contributed by atoms with Crippen LogP contribution in [0.4, 0.5) is 0 Å². The Hall–Kier alpha value is -1.61. The van der Waals surface area contributed by atoms with Gasteiger partial charge >= 0.3 is 0 Å². The number of hydrogen-bond donors (Lipinski definition) is 2. The smallest absolute Gasteiger partial charge is 0.248 e. The number of hydrogen-bond acceptors (Lipinski definition) is 2. The first-order valence-corrected chi connectivity index (χ1v) is 6.86. The van der Waals surface area contributed by atoms with Gasteiger partial charge in [-0.2, -0.15) is 0 Å². The average molecular weight is 256 g/mol. The molecule has 2 N–H and O–H groups in total. The third-order valence-electron chi connectivity index (χ3n) is 4.54. The fourth-order valence-corrected chi connectivity index (χ4v) is 3.87. The van der Waals surface area contributed by atoms with E-state index < -0.39 is 0 Å². The van der Waals surface area contributed by atoms with E-state index in [1.54, 1.807) is 6.07 Å². The molecule has 0 fully saturated rings. The van der Waals surface area contributed by atoms with Gasteiger partial charge in [0.15, 0.2) is 0 Å². The molecule has 0 aromatic carbocycles. The van der Waals surface area contributed by atoms with Crippen molar-refractivity contribution in [2.75, 3.05) is 7.05 Å². The Bertz CT molecular complexity index is 638. The quantitative estimate of drug-likeness (QED) is 0.757. The van der Waals surface area contributed by atoms with Gasteiger partial charge in [0.25, 0.3) is 0 Å². The molecule has 2 unspecified atom stereocenters. The normalized spacial score (nSPS) is 31.0. The van der Waals surface area contributed by atoms with E-state index in [1.807, 2.05) is 13.1 Å².